The number of hydrogen-bond acceptors (Lipinski definition) is 3. The summed E-state index contributed by atoms with van der Waals surface area (Å²) >= 11 is 0. The number of carbonyl (C=O) groups excluding carboxylic acids is 1. The lowest BCUT2D eigenvalue weighted by atomic mass is 9.99. The van der Waals surface area contributed by atoms with Crippen LogP contribution in [0.2, 0.25) is 0 Å². The van der Waals surface area contributed by atoms with Crippen molar-refractivity contribution in [2.75, 3.05) is 6.54 Å². The minimum absolute atomic E-state index is 0.0226. The number of nitrogens with one attached hydrogen (secondary N) is 2. The molecule has 0 saturated carbocycles. The van der Waals surface area contributed by atoms with E-state index in [1.807, 2.05) is 13.8 Å². The number of carboxylic acids is 1. The van der Waals surface area contributed by atoms with Gasteiger partial charge in [-0.25, -0.2) is 0 Å². The summed E-state index contributed by atoms with van der Waals surface area (Å²) in [5, 5.41) is 14.4. The molecule has 1 atom stereocenters. The number of rotatable bonds is 6. The van der Waals surface area contributed by atoms with Crippen molar-refractivity contribution in [2.45, 2.75) is 45.7 Å². The van der Waals surface area contributed by atoms with Gasteiger partial charge in [0.05, 0.1) is 6.54 Å². The van der Waals surface area contributed by atoms with Crippen LogP contribution in [0.1, 0.15) is 34.1 Å². The molecule has 0 fully saturated rings. The highest BCUT2D eigenvalue weighted by Crippen LogP contribution is 2.08. The minimum Gasteiger partial charge on any atom is -0.480 e. The average Bonchev–Trinajstić information content (AvgIpc) is 2.12. The van der Waals surface area contributed by atoms with Crippen LogP contribution in [0, 0.1) is 0 Å². The van der Waals surface area contributed by atoms with Crippen molar-refractivity contribution in [3.63, 3.8) is 0 Å². The highest BCUT2D eigenvalue weighted by atomic mass is 16.4. The molecule has 0 aromatic rings. The molecule has 0 spiro atoms. The van der Waals surface area contributed by atoms with Gasteiger partial charge in [0.25, 0.3) is 0 Å². The summed E-state index contributed by atoms with van der Waals surface area (Å²) in [4.78, 5) is 22.2. The number of carbonyl (C=O) groups is 2. The lowest BCUT2D eigenvalue weighted by molar-refractivity contribution is -0.144. The van der Waals surface area contributed by atoms with Crippen molar-refractivity contribution in [1.29, 1.82) is 0 Å². The van der Waals surface area contributed by atoms with Gasteiger partial charge in [-0.15, -0.1) is 0 Å². The van der Waals surface area contributed by atoms with Gasteiger partial charge in [-0.2, -0.15) is 0 Å². The summed E-state index contributed by atoms with van der Waals surface area (Å²) < 4.78 is 0. The number of carboxylic acid groups (broad SMARTS) is 1. The third kappa shape index (κ3) is 4.78. The lowest BCUT2D eigenvalue weighted by Crippen LogP contribution is -2.52. The van der Waals surface area contributed by atoms with E-state index in [2.05, 4.69) is 10.6 Å². The first kappa shape index (κ1) is 13.9. The summed E-state index contributed by atoms with van der Waals surface area (Å²) in [5.74, 6) is -1.13. The summed E-state index contributed by atoms with van der Waals surface area (Å²) in [5.41, 5.74) is -1.03. The molecule has 1 unspecified atom stereocenters. The van der Waals surface area contributed by atoms with E-state index in [1.165, 1.54) is 0 Å². The van der Waals surface area contributed by atoms with Crippen molar-refractivity contribution >= 4 is 11.9 Å². The van der Waals surface area contributed by atoms with Crippen LogP contribution in [0.3, 0.4) is 0 Å². The Morgan fingerprint density at radius 3 is 2.27 bits per heavy atom. The van der Waals surface area contributed by atoms with Crippen LogP contribution < -0.4 is 10.6 Å². The van der Waals surface area contributed by atoms with Gasteiger partial charge in [0.1, 0.15) is 5.54 Å². The van der Waals surface area contributed by atoms with Crippen LogP contribution in [0.25, 0.3) is 0 Å². The molecule has 0 rings (SSSR count). The fourth-order valence-corrected chi connectivity index (χ4v) is 1.00. The Bertz CT molecular complexity index is 241. The van der Waals surface area contributed by atoms with Crippen LogP contribution in [0.5, 0.6) is 0 Å². The normalized spacial score (nSPS) is 14.7. The molecule has 0 bridgehead atoms. The Labute approximate surface area is 90.2 Å². The van der Waals surface area contributed by atoms with E-state index in [-0.39, 0.29) is 18.5 Å². The number of aliphatic carboxylic acids is 1. The van der Waals surface area contributed by atoms with Crippen LogP contribution in [-0.4, -0.2) is 35.1 Å². The molecule has 5 nitrogen and oxygen atoms in total. The number of hydrogen-bond donors (Lipinski definition) is 3. The molecular formula is C10H20N2O3. The summed E-state index contributed by atoms with van der Waals surface area (Å²) in [6, 6.07) is 0.0667. The standard InChI is InChI=1S/C10H20N2O3/c1-5-10(4,9(14)15)11-6-8(13)12-7(2)3/h7,11H,5-6H2,1-4H3,(H,12,13)(H,14,15). The maximum absolute atomic E-state index is 11.3. The fraction of sp³-hybridized carbons (Fsp3) is 0.800. The maximum Gasteiger partial charge on any atom is 0.323 e. The zero-order valence-corrected chi connectivity index (χ0v) is 9.76. The van der Waals surface area contributed by atoms with Crippen LogP contribution in [-0.2, 0) is 9.59 Å². The molecule has 0 aliphatic heterocycles. The molecule has 3 N–H and O–H groups in total. The molecule has 0 aliphatic rings. The molecule has 1 amide bonds. The first-order valence-corrected chi connectivity index (χ1v) is 5.09. The Morgan fingerprint density at radius 2 is 1.93 bits per heavy atom. The second-order valence-corrected chi connectivity index (χ2v) is 4.07. The fourth-order valence-electron chi connectivity index (χ4n) is 1.00. The van der Waals surface area contributed by atoms with E-state index in [0.717, 1.165) is 0 Å². The van der Waals surface area contributed by atoms with E-state index < -0.39 is 11.5 Å². The first-order valence-electron chi connectivity index (χ1n) is 5.09. The predicted octanol–water partition coefficient (Wildman–Crippen LogP) is 0.354. The smallest absolute Gasteiger partial charge is 0.323 e. The molecule has 0 aliphatic carbocycles. The Balaban J connectivity index is 4.12. The highest BCUT2D eigenvalue weighted by Gasteiger charge is 2.30. The quantitative estimate of drug-likeness (QED) is 0.599. The van der Waals surface area contributed by atoms with Crippen molar-refractivity contribution in [2.24, 2.45) is 0 Å². The third-order valence-electron chi connectivity index (χ3n) is 2.27. The van der Waals surface area contributed by atoms with E-state index in [0.29, 0.717) is 6.42 Å². The summed E-state index contributed by atoms with van der Waals surface area (Å²) in [7, 11) is 0. The third-order valence-corrected chi connectivity index (χ3v) is 2.27. The Morgan fingerprint density at radius 1 is 1.40 bits per heavy atom. The highest BCUT2D eigenvalue weighted by molar-refractivity contribution is 5.81. The molecule has 0 saturated heterocycles. The van der Waals surface area contributed by atoms with Crippen LogP contribution in [0.4, 0.5) is 0 Å². The Hall–Kier alpha value is -1.10. The second kappa shape index (κ2) is 5.70. The summed E-state index contributed by atoms with van der Waals surface area (Å²) in [6.07, 6.45) is 0.428. The van der Waals surface area contributed by atoms with Crippen LogP contribution in [0.15, 0.2) is 0 Å². The Kier molecular flexibility index (Phi) is 5.28. The second-order valence-electron chi connectivity index (χ2n) is 4.07. The van der Waals surface area contributed by atoms with Crippen LogP contribution >= 0.6 is 0 Å². The van der Waals surface area contributed by atoms with Gasteiger partial charge >= 0.3 is 5.97 Å². The topological polar surface area (TPSA) is 78.4 Å². The van der Waals surface area contributed by atoms with E-state index in [9.17, 15) is 9.59 Å². The van der Waals surface area contributed by atoms with Gasteiger partial charge < -0.3 is 10.4 Å². The molecule has 88 valence electrons. The van der Waals surface area contributed by atoms with Gasteiger partial charge in [-0.05, 0) is 27.2 Å². The van der Waals surface area contributed by atoms with Gasteiger partial charge in [0.2, 0.25) is 5.91 Å². The molecule has 5 heteroatoms. The zero-order valence-electron chi connectivity index (χ0n) is 9.76. The molecular weight excluding hydrogens is 196 g/mol. The lowest BCUT2D eigenvalue weighted by Gasteiger charge is -2.24. The van der Waals surface area contributed by atoms with Gasteiger partial charge in [0, 0.05) is 6.04 Å². The average molecular weight is 216 g/mol. The van der Waals surface area contributed by atoms with Crippen molar-refractivity contribution < 1.29 is 14.7 Å². The molecule has 0 aromatic carbocycles. The van der Waals surface area contributed by atoms with Crippen molar-refractivity contribution in [3.8, 4) is 0 Å². The molecule has 0 aromatic heterocycles. The monoisotopic (exact) mass is 216 g/mol. The van der Waals surface area contributed by atoms with Crippen molar-refractivity contribution in [1.82, 2.24) is 10.6 Å². The summed E-state index contributed by atoms with van der Waals surface area (Å²) in [6.45, 7) is 7.07. The SMILES string of the molecule is CCC(C)(NCC(=O)NC(C)C)C(=O)O. The molecule has 15 heavy (non-hydrogen) atoms. The molecule has 0 heterocycles. The number of amides is 1. The predicted molar refractivity (Wildman–Crippen MR) is 57.6 cm³/mol. The maximum atomic E-state index is 11.3. The zero-order chi connectivity index (χ0) is 12.1. The van der Waals surface area contributed by atoms with Crippen molar-refractivity contribution in [3.05, 3.63) is 0 Å². The molecule has 0 radical (unpaired) electrons. The van der Waals surface area contributed by atoms with Gasteiger partial charge in [-0.3, -0.25) is 14.9 Å². The largest absolute Gasteiger partial charge is 0.480 e. The first-order chi connectivity index (χ1) is 6.81. The van der Waals surface area contributed by atoms with E-state index in [1.54, 1.807) is 13.8 Å². The van der Waals surface area contributed by atoms with E-state index in [4.69, 9.17) is 5.11 Å². The van der Waals surface area contributed by atoms with Gasteiger partial charge in [0.15, 0.2) is 0 Å². The van der Waals surface area contributed by atoms with E-state index >= 15 is 0 Å². The minimum atomic E-state index is -1.03. The van der Waals surface area contributed by atoms with Gasteiger partial charge in [-0.1, -0.05) is 6.92 Å².